The van der Waals surface area contributed by atoms with Crippen LogP contribution in [-0.2, 0) is 11.2 Å². The van der Waals surface area contributed by atoms with Crippen molar-refractivity contribution in [3.8, 4) is 11.3 Å². The van der Waals surface area contributed by atoms with Gasteiger partial charge in [0.15, 0.2) is 0 Å². The molecule has 1 aliphatic carbocycles. The van der Waals surface area contributed by atoms with E-state index in [2.05, 4.69) is 50.0 Å². The van der Waals surface area contributed by atoms with Gasteiger partial charge in [0.2, 0.25) is 11.9 Å². The molecule has 3 heterocycles. The van der Waals surface area contributed by atoms with Crippen molar-refractivity contribution in [3.05, 3.63) is 78.4 Å². The molecule has 0 radical (unpaired) electrons. The first kappa shape index (κ1) is 28.9. The standard InChI is InChI=1S/C32H38N8O2/c1-4-21-18-35-32(39-30(21)26-20-34-27-12-6-5-11-25(26)27)38-23-10-7-9-22(17-23)37-31(42)28-15-14-24(19-33-28)36-29(41)13-8-16-40(2)3/h5-6,8,11-15,18-20,22-23,34H,4,7,9-10,16-17H2,1-3H3,(H,36,41)(H,37,42)(H,35,38,39). The van der Waals surface area contributed by atoms with Crippen LogP contribution in [0.2, 0.25) is 0 Å². The summed E-state index contributed by atoms with van der Waals surface area (Å²) in [5.74, 6) is 0.133. The average Bonchev–Trinajstić information content (AvgIpc) is 3.41. The Labute approximate surface area is 246 Å². The Bertz CT molecular complexity index is 1560. The summed E-state index contributed by atoms with van der Waals surface area (Å²) in [4.78, 5) is 44.1. The van der Waals surface area contributed by atoms with Crippen LogP contribution >= 0.6 is 0 Å². The number of benzene rings is 1. The van der Waals surface area contributed by atoms with Gasteiger partial charge in [0, 0.05) is 53.6 Å². The second kappa shape index (κ2) is 13.4. The molecule has 218 valence electrons. The third-order valence-corrected chi connectivity index (χ3v) is 7.44. The molecule has 10 nitrogen and oxygen atoms in total. The van der Waals surface area contributed by atoms with Crippen LogP contribution in [0.5, 0.6) is 0 Å². The van der Waals surface area contributed by atoms with Crippen molar-refractivity contribution in [2.75, 3.05) is 31.3 Å². The third kappa shape index (κ3) is 7.19. The monoisotopic (exact) mass is 566 g/mol. The molecule has 1 aromatic carbocycles. The fourth-order valence-corrected chi connectivity index (χ4v) is 5.29. The molecule has 0 bridgehead atoms. The van der Waals surface area contributed by atoms with Crippen molar-refractivity contribution in [1.82, 2.24) is 30.2 Å². The van der Waals surface area contributed by atoms with Gasteiger partial charge >= 0.3 is 0 Å². The first-order valence-corrected chi connectivity index (χ1v) is 14.5. The number of pyridine rings is 1. The van der Waals surface area contributed by atoms with E-state index in [4.69, 9.17) is 4.98 Å². The second-order valence-electron chi connectivity index (χ2n) is 10.9. The van der Waals surface area contributed by atoms with Crippen LogP contribution in [0.15, 0.2) is 67.1 Å². The Balaban J connectivity index is 1.19. The maximum absolute atomic E-state index is 12.9. The number of fused-ring (bicyclic) bond motifs is 1. The number of nitrogens with one attached hydrogen (secondary N) is 4. The zero-order valence-corrected chi connectivity index (χ0v) is 24.4. The van der Waals surface area contributed by atoms with Crippen molar-refractivity contribution < 1.29 is 9.59 Å². The van der Waals surface area contributed by atoms with E-state index >= 15 is 0 Å². The van der Waals surface area contributed by atoms with Gasteiger partial charge in [-0.2, -0.15) is 0 Å². The lowest BCUT2D eigenvalue weighted by Gasteiger charge is -2.30. The molecule has 2 amide bonds. The number of carbonyl (C=O) groups excluding carboxylic acids is 2. The number of nitrogens with zero attached hydrogens (tertiary/aromatic N) is 4. The van der Waals surface area contributed by atoms with Crippen LogP contribution in [-0.4, -0.2) is 69.4 Å². The number of para-hydroxylation sites is 1. The Hall–Kier alpha value is -4.57. The van der Waals surface area contributed by atoms with Crippen molar-refractivity contribution in [2.24, 2.45) is 0 Å². The van der Waals surface area contributed by atoms with Gasteiger partial charge in [-0.1, -0.05) is 31.2 Å². The first-order valence-electron chi connectivity index (χ1n) is 14.5. The number of rotatable bonds is 10. The van der Waals surface area contributed by atoms with Crippen LogP contribution in [0.25, 0.3) is 22.2 Å². The fourth-order valence-electron chi connectivity index (χ4n) is 5.29. The van der Waals surface area contributed by atoms with E-state index in [9.17, 15) is 9.59 Å². The summed E-state index contributed by atoms with van der Waals surface area (Å²) in [5.41, 5.74) is 5.03. The molecule has 4 N–H and O–H groups in total. The number of aryl methyl sites for hydroxylation is 1. The molecule has 2 unspecified atom stereocenters. The smallest absolute Gasteiger partial charge is 0.270 e. The quantitative estimate of drug-likeness (QED) is 0.203. The lowest BCUT2D eigenvalue weighted by molar-refractivity contribution is -0.111. The van der Waals surface area contributed by atoms with Crippen LogP contribution in [0.4, 0.5) is 11.6 Å². The van der Waals surface area contributed by atoms with Crippen molar-refractivity contribution in [3.63, 3.8) is 0 Å². The predicted octanol–water partition coefficient (Wildman–Crippen LogP) is 4.79. The predicted molar refractivity (Wildman–Crippen MR) is 166 cm³/mol. The highest BCUT2D eigenvalue weighted by atomic mass is 16.2. The summed E-state index contributed by atoms with van der Waals surface area (Å²) >= 11 is 0. The van der Waals surface area contributed by atoms with E-state index in [1.165, 1.54) is 12.3 Å². The van der Waals surface area contributed by atoms with E-state index in [1.807, 2.05) is 43.5 Å². The molecule has 1 fully saturated rings. The first-order chi connectivity index (χ1) is 20.4. The van der Waals surface area contributed by atoms with Gasteiger partial charge < -0.3 is 25.8 Å². The summed E-state index contributed by atoms with van der Waals surface area (Å²) < 4.78 is 0. The Morgan fingerprint density at radius 1 is 1.07 bits per heavy atom. The van der Waals surface area contributed by atoms with Crippen LogP contribution < -0.4 is 16.0 Å². The van der Waals surface area contributed by atoms with E-state index in [0.29, 0.717) is 23.9 Å². The van der Waals surface area contributed by atoms with Gasteiger partial charge in [0.05, 0.1) is 17.6 Å². The molecule has 4 aromatic rings. The van der Waals surface area contributed by atoms with Crippen LogP contribution in [0.1, 0.15) is 48.7 Å². The lowest BCUT2D eigenvalue weighted by atomic mass is 9.91. The van der Waals surface area contributed by atoms with E-state index in [-0.39, 0.29) is 23.9 Å². The Kier molecular flexibility index (Phi) is 9.23. The second-order valence-corrected chi connectivity index (χ2v) is 10.9. The maximum Gasteiger partial charge on any atom is 0.270 e. The number of hydrogen-bond donors (Lipinski definition) is 4. The number of H-pyrrole nitrogens is 1. The van der Waals surface area contributed by atoms with Gasteiger partial charge in [0.1, 0.15) is 5.69 Å². The zero-order chi connectivity index (χ0) is 29.5. The molecule has 10 heteroatoms. The normalized spacial score (nSPS) is 17.0. The van der Waals surface area contributed by atoms with Crippen LogP contribution in [0, 0.1) is 0 Å². The number of amides is 2. The van der Waals surface area contributed by atoms with Crippen LogP contribution in [0.3, 0.4) is 0 Å². The van der Waals surface area contributed by atoms with Gasteiger partial charge in [-0.05, 0) is 70.0 Å². The summed E-state index contributed by atoms with van der Waals surface area (Å²) in [6.07, 6.45) is 13.1. The molecular formula is C32H38N8O2. The minimum Gasteiger partial charge on any atom is -0.360 e. The highest BCUT2D eigenvalue weighted by Crippen LogP contribution is 2.31. The fraction of sp³-hybridized carbons (Fsp3) is 0.344. The largest absolute Gasteiger partial charge is 0.360 e. The number of aromatic nitrogens is 4. The van der Waals surface area contributed by atoms with Crippen molar-refractivity contribution in [2.45, 2.75) is 51.1 Å². The molecule has 0 spiro atoms. The van der Waals surface area contributed by atoms with Crippen molar-refractivity contribution >= 4 is 34.4 Å². The average molecular weight is 567 g/mol. The Morgan fingerprint density at radius 3 is 2.69 bits per heavy atom. The number of carbonyl (C=O) groups is 2. The van der Waals surface area contributed by atoms with E-state index in [1.54, 1.807) is 18.2 Å². The number of likely N-dealkylation sites (N-methyl/N-ethyl adjacent to an activating group) is 1. The van der Waals surface area contributed by atoms with Gasteiger partial charge in [-0.25, -0.2) is 15.0 Å². The highest BCUT2D eigenvalue weighted by molar-refractivity contribution is 5.99. The Morgan fingerprint density at radius 2 is 1.90 bits per heavy atom. The molecule has 3 aromatic heterocycles. The summed E-state index contributed by atoms with van der Waals surface area (Å²) in [7, 11) is 3.86. The SMILES string of the molecule is CCc1cnc(NC2CCCC(NC(=O)c3ccc(NC(=O)C=CCN(C)C)cn3)C2)nc1-c1c[nH]c2ccccc12. The molecule has 2 atom stereocenters. The number of hydrogen-bond acceptors (Lipinski definition) is 7. The zero-order valence-electron chi connectivity index (χ0n) is 24.4. The van der Waals surface area contributed by atoms with Gasteiger partial charge in [0.25, 0.3) is 5.91 Å². The highest BCUT2D eigenvalue weighted by Gasteiger charge is 2.25. The molecule has 0 aliphatic heterocycles. The molecule has 42 heavy (non-hydrogen) atoms. The summed E-state index contributed by atoms with van der Waals surface area (Å²) in [6, 6.07) is 11.7. The summed E-state index contributed by atoms with van der Waals surface area (Å²) in [5, 5.41) is 10.6. The molecule has 5 rings (SSSR count). The minimum atomic E-state index is -0.238. The van der Waals surface area contributed by atoms with E-state index < -0.39 is 0 Å². The molecule has 0 saturated heterocycles. The number of anilines is 2. The lowest BCUT2D eigenvalue weighted by Crippen LogP contribution is -2.42. The third-order valence-electron chi connectivity index (χ3n) is 7.44. The van der Waals surface area contributed by atoms with E-state index in [0.717, 1.165) is 59.8 Å². The van der Waals surface area contributed by atoms with Gasteiger partial charge in [-0.3, -0.25) is 9.59 Å². The number of aromatic amines is 1. The topological polar surface area (TPSA) is 128 Å². The van der Waals surface area contributed by atoms with Gasteiger partial charge in [-0.15, -0.1) is 0 Å². The summed E-state index contributed by atoms with van der Waals surface area (Å²) in [6.45, 7) is 2.79. The van der Waals surface area contributed by atoms with Crippen molar-refractivity contribution in [1.29, 1.82) is 0 Å². The maximum atomic E-state index is 12.9. The molecule has 1 saturated carbocycles. The molecular weight excluding hydrogens is 528 g/mol. The minimum absolute atomic E-state index is 0.00904. The molecule has 1 aliphatic rings.